The van der Waals surface area contributed by atoms with Gasteiger partial charge in [-0.05, 0) is 24.5 Å². The molecule has 5 heteroatoms. The highest BCUT2D eigenvalue weighted by molar-refractivity contribution is 5.94. The predicted octanol–water partition coefficient (Wildman–Crippen LogP) is 1.83. The normalized spacial score (nSPS) is 16.3. The SMILES string of the molecule is CCc1ccc(C(=O)N[C@@H](CC2CC2)C(=O)O)o1. The van der Waals surface area contributed by atoms with Gasteiger partial charge < -0.3 is 14.8 Å². The summed E-state index contributed by atoms with van der Waals surface area (Å²) in [5, 5.41) is 11.6. The van der Waals surface area contributed by atoms with Crippen LogP contribution in [0.15, 0.2) is 16.5 Å². The van der Waals surface area contributed by atoms with Gasteiger partial charge in [0.15, 0.2) is 5.76 Å². The minimum atomic E-state index is -0.988. The molecule has 1 amide bonds. The Kier molecular flexibility index (Phi) is 3.69. The molecular formula is C13H17NO4. The van der Waals surface area contributed by atoms with Gasteiger partial charge in [-0.15, -0.1) is 0 Å². The van der Waals surface area contributed by atoms with Crippen molar-refractivity contribution in [1.29, 1.82) is 0 Å². The van der Waals surface area contributed by atoms with Gasteiger partial charge in [0.2, 0.25) is 0 Å². The number of amides is 1. The first-order valence-electron chi connectivity index (χ1n) is 6.22. The van der Waals surface area contributed by atoms with E-state index in [0.29, 0.717) is 24.5 Å². The van der Waals surface area contributed by atoms with Crippen molar-refractivity contribution in [1.82, 2.24) is 5.32 Å². The van der Waals surface area contributed by atoms with Crippen LogP contribution in [0.3, 0.4) is 0 Å². The third-order valence-electron chi connectivity index (χ3n) is 3.10. The molecule has 18 heavy (non-hydrogen) atoms. The van der Waals surface area contributed by atoms with Gasteiger partial charge in [-0.3, -0.25) is 4.79 Å². The highest BCUT2D eigenvalue weighted by Gasteiger charge is 2.30. The third kappa shape index (κ3) is 3.12. The molecule has 0 bridgehead atoms. The lowest BCUT2D eigenvalue weighted by Crippen LogP contribution is -2.41. The lowest BCUT2D eigenvalue weighted by Gasteiger charge is -2.12. The zero-order valence-electron chi connectivity index (χ0n) is 10.3. The summed E-state index contributed by atoms with van der Waals surface area (Å²) in [6, 6.07) is 2.48. The molecule has 1 aromatic rings. The van der Waals surface area contributed by atoms with Gasteiger partial charge in [0.05, 0.1) is 0 Å². The predicted molar refractivity (Wildman–Crippen MR) is 64.3 cm³/mol. The van der Waals surface area contributed by atoms with Crippen molar-refractivity contribution in [2.75, 3.05) is 0 Å². The maximum Gasteiger partial charge on any atom is 0.326 e. The standard InChI is InChI=1S/C13H17NO4/c1-2-9-5-6-11(18-9)12(15)14-10(13(16)17)7-8-3-4-8/h5-6,8,10H,2-4,7H2,1H3,(H,14,15)(H,16,17)/t10-/m0/s1. The second-order valence-corrected chi connectivity index (χ2v) is 4.66. The van der Waals surface area contributed by atoms with E-state index in [-0.39, 0.29) is 5.76 Å². The van der Waals surface area contributed by atoms with Crippen LogP contribution < -0.4 is 5.32 Å². The van der Waals surface area contributed by atoms with E-state index in [1.807, 2.05) is 6.92 Å². The average Bonchev–Trinajstić information content (AvgIpc) is 3.02. The number of hydrogen-bond acceptors (Lipinski definition) is 3. The number of carboxylic acids is 1. The van der Waals surface area contributed by atoms with Crippen LogP contribution in [0.4, 0.5) is 0 Å². The van der Waals surface area contributed by atoms with Gasteiger partial charge in [-0.1, -0.05) is 19.8 Å². The molecule has 1 aliphatic rings. The monoisotopic (exact) mass is 251 g/mol. The molecule has 2 rings (SSSR count). The molecule has 0 aromatic carbocycles. The highest BCUT2D eigenvalue weighted by Crippen LogP contribution is 2.33. The fraction of sp³-hybridized carbons (Fsp3) is 0.538. The number of aryl methyl sites for hydroxylation is 1. The zero-order valence-corrected chi connectivity index (χ0v) is 10.3. The second-order valence-electron chi connectivity index (χ2n) is 4.66. The van der Waals surface area contributed by atoms with Crippen LogP contribution in [0.2, 0.25) is 0 Å². The Balaban J connectivity index is 1.96. The van der Waals surface area contributed by atoms with Crippen molar-refractivity contribution in [2.45, 2.75) is 38.6 Å². The molecule has 0 saturated heterocycles. The van der Waals surface area contributed by atoms with E-state index >= 15 is 0 Å². The van der Waals surface area contributed by atoms with Crippen molar-refractivity contribution < 1.29 is 19.1 Å². The molecule has 1 fully saturated rings. The molecule has 98 valence electrons. The molecule has 1 atom stereocenters. The van der Waals surface area contributed by atoms with Gasteiger partial charge in [-0.2, -0.15) is 0 Å². The molecule has 0 spiro atoms. The summed E-state index contributed by atoms with van der Waals surface area (Å²) in [6.07, 6.45) is 3.32. The van der Waals surface area contributed by atoms with Crippen LogP contribution >= 0.6 is 0 Å². The summed E-state index contributed by atoms with van der Waals surface area (Å²) < 4.78 is 5.29. The Bertz CT molecular complexity index is 448. The molecule has 5 nitrogen and oxygen atoms in total. The van der Waals surface area contributed by atoms with Crippen molar-refractivity contribution >= 4 is 11.9 Å². The Morgan fingerprint density at radius 2 is 2.22 bits per heavy atom. The highest BCUT2D eigenvalue weighted by atomic mass is 16.4. The first kappa shape index (κ1) is 12.7. The average molecular weight is 251 g/mol. The van der Waals surface area contributed by atoms with Crippen LogP contribution in [-0.4, -0.2) is 23.0 Å². The van der Waals surface area contributed by atoms with Gasteiger partial charge >= 0.3 is 5.97 Å². The quantitative estimate of drug-likeness (QED) is 0.808. The van der Waals surface area contributed by atoms with Crippen molar-refractivity contribution in [3.05, 3.63) is 23.7 Å². The summed E-state index contributed by atoms with van der Waals surface area (Å²) >= 11 is 0. The molecule has 1 aliphatic carbocycles. The number of aliphatic carboxylic acids is 1. The topological polar surface area (TPSA) is 79.5 Å². The number of nitrogens with one attached hydrogen (secondary N) is 1. The van der Waals surface area contributed by atoms with E-state index in [2.05, 4.69) is 5.32 Å². The summed E-state index contributed by atoms with van der Waals surface area (Å²) in [5.41, 5.74) is 0. The van der Waals surface area contributed by atoms with E-state index in [9.17, 15) is 9.59 Å². The van der Waals surface area contributed by atoms with Crippen LogP contribution in [-0.2, 0) is 11.2 Å². The fourth-order valence-corrected chi connectivity index (χ4v) is 1.83. The van der Waals surface area contributed by atoms with Gasteiger partial charge in [0.25, 0.3) is 5.91 Å². The van der Waals surface area contributed by atoms with Crippen LogP contribution in [0.5, 0.6) is 0 Å². The van der Waals surface area contributed by atoms with Crippen molar-refractivity contribution in [3.8, 4) is 0 Å². The lowest BCUT2D eigenvalue weighted by atomic mass is 10.1. The van der Waals surface area contributed by atoms with Gasteiger partial charge in [0, 0.05) is 6.42 Å². The van der Waals surface area contributed by atoms with E-state index in [0.717, 1.165) is 12.8 Å². The number of carbonyl (C=O) groups is 2. The number of hydrogen-bond donors (Lipinski definition) is 2. The molecule has 0 unspecified atom stereocenters. The third-order valence-corrected chi connectivity index (χ3v) is 3.10. The maximum absolute atomic E-state index is 11.8. The van der Waals surface area contributed by atoms with Crippen LogP contribution in [0.25, 0.3) is 0 Å². The Morgan fingerprint density at radius 1 is 1.50 bits per heavy atom. The molecular weight excluding hydrogens is 234 g/mol. The minimum absolute atomic E-state index is 0.175. The number of rotatable bonds is 6. The molecule has 1 saturated carbocycles. The zero-order chi connectivity index (χ0) is 13.1. The van der Waals surface area contributed by atoms with E-state index < -0.39 is 17.9 Å². The minimum Gasteiger partial charge on any atom is -0.480 e. The Hall–Kier alpha value is -1.78. The molecule has 0 radical (unpaired) electrons. The fourth-order valence-electron chi connectivity index (χ4n) is 1.83. The van der Waals surface area contributed by atoms with Crippen LogP contribution in [0.1, 0.15) is 42.5 Å². The second kappa shape index (κ2) is 5.25. The van der Waals surface area contributed by atoms with Gasteiger partial charge in [0.1, 0.15) is 11.8 Å². The summed E-state index contributed by atoms with van der Waals surface area (Å²) in [5.74, 6) is -0.113. The maximum atomic E-state index is 11.8. The number of carboxylic acid groups (broad SMARTS) is 1. The molecule has 1 aromatic heterocycles. The summed E-state index contributed by atoms with van der Waals surface area (Å²) in [6.45, 7) is 1.92. The van der Waals surface area contributed by atoms with E-state index in [4.69, 9.17) is 9.52 Å². The van der Waals surface area contributed by atoms with Crippen molar-refractivity contribution in [3.63, 3.8) is 0 Å². The van der Waals surface area contributed by atoms with Crippen LogP contribution in [0, 0.1) is 5.92 Å². The summed E-state index contributed by atoms with van der Waals surface area (Å²) in [4.78, 5) is 22.9. The van der Waals surface area contributed by atoms with E-state index in [1.54, 1.807) is 12.1 Å². The van der Waals surface area contributed by atoms with Gasteiger partial charge in [-0.25, -0.2) is 4.79 Å². The number of carbonyl (C=O) groups excluding carboxylic acids is 1. The Morgan fingerprint density at radius 3 is 2.72 bits per heavy atom. The van der Waals surface area contributed by atoms with Crippen molar-refractivity contribution in [2.24, 2.45) is 5.92 Å². The largest absolute Gasteiger partial charge is 0.480 e. The number of furan rings is 1. The molecule has 0 aliphatic heterocycles. The Labute approximate surface area is 105 Å². The first-order valence-corrected chi connectivity index (χ1v) is 6.22. The van der Waals surface area contributed by atoms with E-state index in [1.165, 1.54) is 0 Å². The lowest BCUT2D eigenvalue weighted by molar-refractivity contribution is -0.139. The molecule has 1 heterocycles. The first-order chi connectivity index (χ1) is 8.60. The molecule has 2 N–H and O–H groups in total. The smallest absolute Gasteiger partial charge is 0.326 e. The summed E-state index contributed by atoms with van der Waals surface area (Å²) in [7, 11) is 0.